The van der Waals surface area contributed by atoms with Gasteiger partial charge in [0, 0.05) is 48.8 Å². The van der Waals surface area contributed by atoms with Gasteiger partial charge in [0.15, 0.2) is 0 Å². The highest BCUT2D eigenvalue weighted by Gasteiger charge is 2.23. The molecule has 3 aromatic rings. The second-order valence-corrected chi connectivity index (χ2v) is 9.14. The van der Waals surface area contributed by atoms with Crippen molar-refractivity contribution in [3.8, 4) is 27.9 Å². The van der Waals surface area contributed by atoms with E-state index in [2.05, 4.69) is 28.7 Å². The van der Waals surface area contributed by atoms with E-state index < -0.39 is 12.1 Å². The number of aryl methyl sites for hydroxylation is 2. The van der Waals surface area contributed by atoms with E-state index in [1.54, 1.807) is 16.0 Å². The number of carbonyl (C=O) groups is 1. The summed E-state index contributed by atoms with van der Waals surface area (Å²) in [6.45, 7) is 3.98. The normalized spacial score (nSPS) is 17.2. The van der Waals surface area contributed by atoms with Gasteiger partial charge in [0.05, 0.1) is 18.0 Å². The van der Waals surface area contributed by atoms with Crippen LogP contribution in [0.2, 0.25) is 0 Å². The molecule has 172 valence electrons. The fraction of sp³-hybridized carbons (Fsp3) is 0.417. The third kappa shape index (κ3) is 5.66. The van der Waals surface area contributed by atoms with Crippen molar-refractivity contribution in [3.05, 3.63) is 47.1 Å². The summed E-state index contributed by atoms with van der Waals surface area (Å²) in [6.07, 6.45) is 5.48. The van der Waals surface area contributed by atoms with Gasteiger partial charge in [-0.1, -0.05) is 31.2 Å². The van der Waals surface area contributed by atoms with Gasteiger partial charge < -0.3 is 15.4 Å². The maximum absolute atomic E-state index is 12.5. The van der Waals surface area contributed by atoms with Crippen molar-refractivity contribution >= 4 is 17.2 Å². The van der Waals surface area contributed by atoms with Crippen LogP contribution in [0.25, 0.3) is 21.8 Å². The van der Waals surface area contributed by atoms with Crippen LogP contribution < -0.4 is 10.6 Å². The molecule has 8 nitrogen and oxygen atoms in total. The van der Waals surface area contributed by atoms with Gasteiger partial charge in [-0.3, -0.25) is 9.48 Å². The lowest BCUT2D eigenvalue weighted by molar-refractivity contribution is -0.132. The Kier molecular flexibility index (Phi) is 7.50. The zero-order valence-electron chi connectivity index (χ0n) is 18.9. The first-order chi connectivity index (χ1) is 16.1. The molecule has 1 fully saturated rings. The van der Waals surface area contributed by atoms with Crippen molar-refractivity contribution in [2.24, 2.45) is 7.05 Å². The van der Waals surface area contributed by atoms with Crippen LogP contribution in [0.15, 0.2) is 36.7 Å². The Bertz CT molecular complexity index is 1120. The van der Waals surface area contributed by atoms with Crippen molar-refractivity contribution in [3.63, 3.8) is 0 Å². The SMILES string of the molecule is CCc1sc(-c2ccc(C[C@@H](C#N)NC(=O)[C@@H]3CNCCCO3)cc2)nc1-c1cnn(C)c1. The van der Waals surface area contributed by atoms with Crippen LogP contribution in [0.4, 0.5) is 0 Å². The van der Waals surface area contributed by atoms with Crippen molar-refractivity contribution in [2.45, 2.75) is 38.3 Å². The summed E-state index contributed by atoms with van der Waals surface area (Å²) in [5.41, 5.74) is 4.01. The lowest BCUT2D eigenvalue weighted by atomic mass is 10.0. The van der Waals surface area contributed by atoms with E-state index in [1.807, 2.05) is 43.7 Å². The van der Waals surface area contributed by atoms with Crippen LogP contribution >= 0.6 is 11.3 Å². The van der Waals surface area contributed by atoms with Crippen LogP contribution in [-0.2, 0) is 29.4 Å². The van der Waals surface area contributed by atoms with Gasteiger partial charge in [0.1, 0.15) is 17.2 Å². The molecule has 1 saturated heterocycles. The highest BCUT2D eigenvalue weighted by atomic mass is 32.1. The number of benzene rings is 1. The van der Waals surface area contributed by atoms with Crippen LogP contribution in [-0.4, -0.2) is 52.5 Å². The number of nitrogens with one attached hydrogen (secondary N) is 2. The molecule has 2 atom stereocenters. The minimum absolute atomic E-state index is 0.245. The van der Waals surface area contributed by atoms with Gasteiger partial charge in [-0.05, 0) is 24.9 Å². The monoisotopic (exact) mass is 464 g/mol. The fourth-order valence-corrected chi connectivity index (χ4v) is 4.81. The van der Waals surface area contributed by atoms with E-state index in [0.717, 1.165) is 46.8 Å². The summed E-state index contributed by atoms with van der Waals surface area (Å²) in [7, 11) is 1.90. The molecule has 3 heterocycles. The molecular formula is C24H28N6O2S. The van der Waals surface area contributed by atoms with Gasteiger partial charge in [0.25, 0.3) is 5.91 Å². The molecule has 0 bridgehead atoms. The summed E-state index contributed by atoms with van der Waals surface area (Å²) >= 11 is 1.69. The number of hydrogen-bond acceptors (Lipinski definition) is 7. The molecule has 4 rings (SSSR count). The number of carbonyl (C=O) groups excluding carboxylic acids is 1. The Morgan fingerprint density at radius 1 is 1.39 bits per heavy atom. The molecule has 1 aliphatic heterocycles. The first-order valence-corrected chi connectivity index (χ1v) is 12.0. The standard InChI is InChI=1S/C24H28N6O2S/c1-3-21-22(18-13-27-30(2)15-18)29-24(33-21)17-7-5-16(6-8-17)11-19(12-25)28-23(31)20-14-26-9-4-10-32-20/h5-8,13,15,19-20,26H,3-4,9-11,14H2,1-2H3,(H,28,31)/t19-,20-/m0/s1. The molecule has 1 amide bonds. The molecule has 1 aliphatic rings. The minimum atomic E-state index is -0.612. The molecule has 0 radical (unpaired) electrons. The molecule has 2 N–H and O–H groups in total. The number of rotatable bonds is 7. The number of hydrogen-bond donors (Lipinski definition) is 2. The quantitative estimate of drug-likeness (QED) is 0.557. The molecule has 9 heteroatoms. The maximum Gasteiger partial charge on any atom is 0.251 e. The fourth-order valence-electron chi connectivity index (χ4n) is 3.78. The molecule has 0 unspecified atom stereocenters. The summed E-state index contributed by atoms with van der Waals surface area (Å²) in [5, 5.41) is 20.8. The molecule has 1 aromatic carbocycles. The summed E-state index contributed by atoms with van der Waals surface area (Å²) in [6, 6.07) is 9.61. The Balaban J connectivity index is 1.43. The predicted molar refractivity (Wildman–Crippen MR) is 128 cm³/mol. The van der Waals surface area contributed by atoms with E-state index in [-0.39, 0.29) is 5.91 Å². The van der Waals surface area contributed by atoms with Gasteiger partial charge in [0.2, 0.25) is 0 Å². The topological polar surface area (TPSA) is 105 Å². The van der Waals surface area contributed by atoms with Gasteiger partial charge in [-0.25, -0.2) is 4.98 Å². The average molecular weight is 465 g/mol. The maximum atomic E-state index is 12.5. The van der Waals surface area contributed by atoms with E-state index in [1.165, 1.54) is 4.88 Å². The third-order valence-corrected chi connectivity index (χ3v) is 6.80. The largest absolute Gasteiger partial charge is 0.367 e. The zero-order valence-corrected chi connectivity index (χ0v) is 19.7. The van der Waals surface area contributed by atoms with E-state index in [0.29, 0.717) is 19.6 Å². The first-order valence-electron chi connectivity index (χ1n) is 11.2. The summed E-state index contributed by atoms with van der Waals surface area (Å²) < 4.78 is 7.37. The number of amides is 1. The van der Waals surface area contributed by atoms with Crippen LogP contribution in [0, 0.1) is 11.3 Å². The average Bonchev–Trinajstić information content (AvgIpc) is 3.35. The van der Waals surface area contributed by atoms with Gasteiger partial charge in [-0.15, -0.1) is 11.3 Å². The second-order valence-electron chi connectivity index (χ2n) is 8.06. The Labute approximate surface area is 197 Å². The summed E-state index contributed by atoms with van der Waals surface area (Å²) in [4.78, 5) is 18.6. The Hall–Kier alpha value is -3.06. The van der Waals surface area contributed by atoms with Crippen LogP contribution in [0.3, 0.4) is 0 Å². The number of aromatic nitrogens is 3. The predicted octanol–water partition coefficient (Wildman–Crippen LogP) is 2.70. The van der Waals surface area contributed by atoms with Crippen LogP contribution in [0.5, 0.6) is 0 Å². The second kappa shape index (κ2) is 10.7. The van der Waals surface area contributed by atoms with Crippen molar-refractivity contribution in [1.82, 2.24) is 25.4 Å². The third-order valence-electron chi connectivity index (χ3n) is 5.55. The zero-order chi connectivity index (χ0) is 23.2. The van der Waals surface area contributed by atoms with Crippen molar-refractivity contribution < 1.29 is 9.53 Å². The number of ether oxygens (including phenoxy) is 1. The first kappa shape index (κ1) is 23.1. The molecule has 2 aromatic heterocycles. The van der Waals surface area contributed by atoms with Gasteiger partial charge in [-0.2, -0.15) is 10.4 Å². The minimum Gasteiger partial charge on any atom is -0.367 e. The molecule has 33 heavy (non-hydrogen) atoms. The van der Waals surface area contributed by atoms with Crippen LogP contribution in [0.1, 0.15) is 23.8 Å². The van der Waals surface area contributed by atoms with Gasteiger partial charge >= 0.3 is 0 Å². The van der Waals surface area contributed by atoms with E-state index in [4.69, 9.17) is 9.72 Å². The number of thiazole rings is 1. The number of nitrogens with zero attached hydrogens (tertiary/aromatic N) is 4. The lowest BCUT2D eigenvalue weighted by Gasteiger charge is -2.18. The smallest absolute Gasteiger partial charge is 0.251 e. The Morgan fingerprint density at radius 2 is 2.21 bits per heavy atom. The lowest BCUT2D eigenvalue weighted by Crippen LogP contribution is -2.46. The molecular weight excluding hydrogens is 436 g/mol. The molecule has 0 saturated carbocycles. The van der Waals surface area contributed by atoms with Crippen molar-refractivity contribution in [1.29, 1.82) is 5.26 Å². The highest BCUT2D eigenvalue weighted by molar-refractivity contribution is 7.15. The van der Waals surface area contributed by atoms with Crippen molar-refractivity contribution in [2.75, 3.05) is 19.7 Å². The highest BCUT2D eigenvalue weighted by Crippen LogP contribution is 2.34. The van der Waals surface area contributed by atoms with E-state index in [9.17, 15) is 10.1 Å². The number of nitriles is 1. The summed E-state index contributed by atoms with van der Waals surface area (Å²) in [5.74, 6) is -0.245. The molecule has 0 spiro atoms. The Morgan fingerprint density at radius 3 is 2.91 bits per heavy atom. The van der Waals surface area contributed by atoms with E-state index >= 15 is 0 Å². The molecule has 0 aliphatic carbocycles.